The van der Waals surface area contributed by atoms with E-state index in [2.05, 4.69) is 10.1 Å². The van der Waals surface area contributed by atoms with Crippen LogP contribution in [0.3, 0.4) is 0 Å². The molecule has 4 heterocycles. The van der Waals surface area contributed by atoms with Gasteiger partial charge in [-0.25, -0.2) is 0 Å². The molecule has 2 aliphatic heterocycles. The third kappa shape index (κ3) is 4.44. The molecule has 2 aliphatic rings. The van der Waals surface area contributed by atoms with Gasteiger partial charge in [-0.2, -0.15) is 4.98 Å². The zero-order valence-corrected chi connectivity index (χ0v) is 16.3. The zero-order valence-electron chi connectivity index (χ0n) is 16.3. The minimum atomic E-state index is 0.0128. The molecule has 1 atom stereocenters. The first kappa shape index (κ1) is 19.1. The van der Waals surface area contributed by atoms with E-state index in [4.69, 9.17) is 18.4 Å². The molecule has 2 fully saturated rings. The maximum Gasteiger partial charge on any atom is 0.257 e. The van der Waals surface area contributed by atoms with E-state index in [0.717, 1.165) is 45.4 Å². The van der Waals surface area contributed by atoms with Gasteiger partial charge in [0.15, 0.2) is 5.82 Å². The molecule has 1 unspecified atom stereocenters. The van der Waals surface area contributed by atoms with Crippen molar-refractivity contribution in [2.24, 2.45) is 0 Å². The van der Waals surface area contributed by atoms with Crippen molar-refractivity contribution in [3.63, 3.8) is 0 Å². The average molecular weight is 389 g/mol. The second kappa shape index (κ2) is 8.87. The van der Waals surface area contributed by atoms with Crippen LogP contribution in [0.5, 0.6) is 0 Å². The summed E-state index contributed by atoms with van der Waals surface area (Å²) in [5.41, 5.74) is 0.632. The first-order chi connectivity index (χ1) is 13.7. The summed E-state index contributed by atoms with van der Waals surface area (Å²) in [6.45, 7) is 5.18. The number of furan rings is 1. The molecule has 1 amide bonds. The lowest BCUT2D eigenvalue weighted by atomic mass is 10.0. The fourth-order valence-electron chi connectivity index (χ4n) is 3.83. The van der Waals surface area contributed by atoms with E-state index < -0.39 is 0 Å². The Bertz CT molecular complexity index is 780. The fourth-order valence-corrected chi connectivity index (χ4v) is 3.83. The summed E-state index contributed by atoms with van der Waals surface area (Å²) in [4.78, 5) is 19.0. The van der Waals surface area contributed by atoms with Crippen LogP contribution in [0.25, 0.3) is 0 Å². The Morgan fingerprint density at radius 1 is 1.32 bits per heavy atom. The van der Waals surface area contributed by atoms with E-state index >= 15 is 0 Å². The van der Waals surface area contributed by atoms with Gasteiger partial charge in [-0.3, -0.25) is 4.79 Å². The predicted molar refractivity (Wildman–Crippen MR) is 99.1 cm³/mol. The van der Waals surface area contributed by atoms with Gasteiger partial charge in [-0.15, -0.1) is 0 Å². The van der Waals surface area contributed by atoms with Crippen molar-refractivity contribution in [2.45, 2.75) is 51.0 Å². The first-order valence-electron chi connectivity index (χ1n) is 10.1. The highest BCUT2D eigenvalue weighted by atomic mass is 16.5. The van der Waals surface area contributed by atoms with Crippen LogP contribution in [0.1, 0.15) is 59.4 Å². The normalized spacial score (nSPS) is 21.2. The van der Waals surface area contributed by atoms with Crippen LogP contribution in [0, 0.1) is 6.92 Å². The Hall–Kier alpha value is -2.19. The number of carbonyl (C=O) groups is 1. The van der Waals surface area contributed by atoms with Gasteiger partial charge in [-0.05, 0) is 38.7 Å². The Morgan fingerprint density at radius 3 is 2.96 bits per heavy atom. The van der Waals surface area contributed by atoms with Crippen molar-refractivity contribution in [3.8, 4) is 0 Å². The summed E-state index contributed by atoms with van der Waals surface area (Å²) in [7, 11) is 0. The molecule has 2 aromatic rings. The summed E-state index contributed by atoms with van der Waals surface area (Å²) in [6, 6.07) is 1.73. The lowest BCUT2D eigenvalue weighted by molar-refractivity contribution is 0.00245. The third-order valence-corrected chi connectivity index (χ3v) is 5.49. The molecule has 4 rings (SSSR count). The van der Waals surface area contributed by atoms with Gasteiger partial charge in [0.2, 0.25) is 5.89 Å². The summed E-state index contributed by atoms with van der Waals surface area (Å²) < 4.78 is 22.1. The van der Waals surface area contributed by atoms with Crippen molar-refractivity contribution in [3.05, 3.63) is 35.4 Å². The number of hydrogen-bond donors (Lipinski definition) is 0. The topological polar surface area (TPSA) is 90.8 Å². The number of aryl methyl sites for hydroxylation is 1. The number of hydrogen-bond acceptors (Lipinski definition) is 7. The number of rotatable bonds is 6. The van der Waals surface area contributed by atoms with Crippen molar-refractivity contribution in [1.82, 2.24) is 15.0 Å². The lowest BCUT2D eigenvalue weighted by Crippen LogP contribution is -2.43. The summed E-state index contributed by atoms with van der Waals surface area (Å²) in [6.07, 6.45) is 5.95. The van der Waals surface area contributed by atoms with Crippen molar-refractivity contribution >= 4 is 5.91 Å². The van der Waals surface area contributed by atoms with Crippen LogP contribution in [-0.2, 0) is 15.9 Å². The van der Waals surface area contributed by atoms with Gasteiger partial charge in [0.1, 0.15) is 5.76 Å². The van der Waals surface area contributed by atoms with Gasteiger partial charge in [0.05, 0.1) is 24.5 Å². The number of nitrogens with zero attached hydrogens (tertiary/aromatic N) is 3. The van der Waals surface area contributed by atoms with E-state index in [9.17, 15) is 4.79 Å². The summed E-state index contributed by atoms with van der Waals surface area (Å²) in [5.74, 6) is 2.37. The first-order valence-corrected chi connectivity index (χ1v) is 10.1. The van der Waals surface area contributed by atoms with Gasteiger partial charge < -0.3 is 23.3 Å². The highest BCUT2D eigenvalue weighted by Crippen LogP contribution is 2.25. The SMILES string of the molecule is Cc1occc1C(=O)N1CCCC(OCCc2noc(C3CCOCC3)n2)C1. The maximum absolute atomic E-state index is 12.6. The Morgan fingerprint density at radius 2 is 2.18 bits per heavy atom. The van der Waals surface area contributed by atoms with Crippen molar-refractivity contribution < 1.29 is 23.2 Å². The highest BCUT2D eigenvalue weighted by Gasteiger charge is 2.27. The van der Waals surface area contributed by atoms with E-state index in [1.807, 2.05) is 11.8 Å². The van der Waals surface area contributed by atoms with Crippen molar-refractivity contribution in [1.29, 1.82) is 0 Å². The minimum Gasteiger partial charge on any atom is -0.469 e. The molecule has 8 heteroatoms. The van der Waals surface area contributed by atoms with E-state index in [1.54, 1.807) is 12.3 Å². The molecular formula is C20H27N3O5. The second-order valence-corrected chi connectivity index (χ2v) is 7.46. The van der Waals surface area contributed by atoms with E-state index in [1.165, 1.54) is 0 Å². The van der Waals surface area contributed by atoms with Crippen molar-refractivity contribution in [2.75, 3.05) is 32.9 Å². The Labute approximate surface area is 164 Å². The number of likely N-dealkylation sites (tertiary alicyclic amines) is 1. The zero-order chi connectivity index (χ0) is 19.3. The smallest absolute Gasteiger partial charge is 0.257 e. The highest BCUT2D eigenvalue weighted by molar-refractivity contribution is 5.95. The Balaban J connectivity index is 1.24. The molecule has 0 bridgehead atoms. The van der Waals surface area contributed by atoms with Crippen LogP contribution < -0.4 is 0 Å². The Kier molecular flexibility index (Phi) is 6.07. The molecule has 2 aromatic heterocycles. The molecule has 152 valence electrons. The van der Waals surface area contributed by atoms with Gasteiger partial charge in [-0.1, -0.05) is 5.16 Å². The molecule has 0 saturated carbocycles. The molecule has 8 nitrogen and oxygen atoms in total. The molecule has 0 aliphatic carbocycles. The van der Waals surface area contributed by atoms with Gasteiger partial charge in [0, 0.05) is 38.6 Å². The lowest BCUT2D eigenvalue weighted by Gasteiger charge is -2.32. The summed E-state index contributed by atoms with van der Waals surface area (Å²) >= 11 is 0. The predicted octanol–water partition coefficient (Wildman–Crippen LogP) is 2.73. The molecule has 0 N–H and O–H groups in total. The maximum atomic E-state index is 12.6. The third-order valence-electron chi connectivity index (χ3n) is 5.49. The number of ether oxygens (including phenoxy) is 2. The molecule has 0 spiro atoms. The van der Waals surface area contributed by atoms with Crippen LogP contribution in [-0.4, -0.2) is 60.0 Å². The summed E-state index contributed by atoms with van der Waals surface area (Å²) in [5, 5.41) is 4.08. The van der Waals surface area contributed by atoms with Crippen LogP contribution >= 0.6 is 0 Å². The van der Waals surface area contributed by atoms with Gasteiger partial charge in [0.25, 0.3) is 5.91 Å². The van der Waals surface area contributed by atoms with Crippen LogP contribution in [0.2, 0.25) is 0 Å². The molecule has 0 aromatic carbocycles. The molecule has 0 radical (unpaired) electrons. The molecule has 28 heavy (non-hydrogen) atoms. The van der Waals surface area contributed by atoms with E-state index in [0.29, 0.717) is 48.5 Å². The molecule has 2 saturated heterocycles. The standard InChI is InChI=1S/C20H27N3O5/c1-14-17(6-11-26-14)20(24)23-8-2-3-16(13-23)27-12-7-18-21-19(28-22-18)15-4-9-25-10-5-15/h6,11,15-16H,2-5,7-10,12-13H2,1H3. The fraction of sp³-hybridized carbons (Fsp3) is 0.650. The number of piperidine rings is 1. The number of amides is 1. The number of aromatic nitrogens is 2. The largest absolute Gasteiger partial charge is 0.469 e. The minimum absolute atomic E-state index is 0.0128. The monoisotopic (exact) mass is 389 g/mol. The van der Waals surface area contributed by atoms with Crippen LogP contribution in [0.15, 0.2) is 21.3 Å². The van der Waals surface area contributed by atoms with Crippen LogP contribution in [0.4, 0.5) is 0 Å². The average Bonchev–Trinajstić information content (AvgIpc) is 3.37. The van der Waals surface area contributed by atoms with Gasteiger partial charge >= 0.3 is 0 Å². The quantitative estimate of drug-likeness (QED) is 0.750. The van der Waals surface area contributed by atoms with E-state index in [-0.39, 0.29) is 12.0 Å². The molecular weight excluding hydrogens is 362 g/mol. The second-order valence-electron chi connectivity index (χ2n) is 7.46. The number of carbonyl (C=O) groups excluding carboxylic acids is 1.